The Labute approximate surface area is 254 Å². The first kappa shape index (κ1) is 29.2. The molecule has 41 heavy (non-hydrogen) atoms. The van der Waals surface area contributed by atoms with Gasteiger partial charge in [0.15, 0.2) is 0 Å². The largest absolute Gasteiger partial charge is 0.300 e. The fraction of sp³-hybridized carbons (Fsp3) is 0.257. The highest BCUT2D eigenvalue weighted by Gasteiger charge is 2.30. The SMILES string of the molecule is CC(C)(C)c1cccc(-n2c3ccsc3c3ccsc32)c1C(C)(C)C.O=C1Cc2ccccc2C1=O.c1ccsc1. The van der Waals surface area contributed by atoms with E-state index in [9.17, 15) is 9.59 Å². The van der Waals surface area contributed by atoms with E-state index in [2.05, 4.69) is 87.2 Å². The number of Topliss-reactive ketones (excluding diaryl/α,β-unsaturated/α-hetero) is 2. The maximum Gasteiger partial charge on any atom is 0.229 e. The maximum absolute atomic E-state index is 11.0. The summed E-state index contributed by atoms with van der Waals surface area (Å²) < 4.78 is 3.89. The van der Waals surface area contributed by atoms with Crippen LogP contribution in [0.2, 0.25) is 0 Å². The standard InChI is InChI=1S/C22H25NS2.C9H6O2.C4H4S/c1-21(2,3)15-8-7-9-16(18(15)22(4,5)6)23-17-11-13-24-19(17)14-10-12-25-20(14)23;10-8-5-6-3-1-2-4-7(6)9(8)11;1-2-4-5-3-1/h7-13H,1-6H3;1-4H,5H2;1-4H. The van der Waals surface area contributed by atoms with Crippen LogP contribution in [0.5, 0.6) is 0 Å². The highest BCUT2D eigenvalue weighted by atomic mass is 32.1. The topological polar surface area (TPSA) is 39.1 Å². The number of carbonyl (C=O) groups is 2. The quantitative estimate of drug-likeness (QED) is 0.177. The number of rotatable bonds is 1. The third-order valence-corrected chi connectivity index (χ3v) is 9.57. The second kappa shape index (κ2) is 11.5. The van der Waals surface area contributed by atoms with Gasteiger partial charge in [-0.2, -0.15) is 11.3 Å². The summed E-state index contributed by atoms with van der Waals surface area (Å²) in [6.07, 6.45) is 0.287. The van der Waals surface area contributed by atoms with E-state index in [1.165, 1.54) is 37.2 Å². The van der Waals surface area contributed by atoms with Crippen molar-refractivity contribution in [2.24, 2.45) is 0 Å². The summed E-state index contributed by atoms with van der Waals surface area (Å²) in [4.78, 5) is 23.3. The molecule has 6 aromatic rings. The molecule has 4 aromatic heterocycles. The summed E-state index contributed by atoms with van der Waals surface area (Å²) >= 11 is 5.40. The van der Waals surface area contributed by atoms with Crippen LogP contribution in [0.4, 0.5) is 0 Å². The second-order valence-corrected chi connectivity index (χ2v) is 14.8. The first-order valence-corrected chi connectivity index (χ1v) is 16.4. The number of fused-ring (bicyclic) bond motifs is 4. The third kappa shape index (κ3) is 5.87. The second-order valence-electron chi connectivity index (χ2n) is 12.2. The molecule has 0 radical (unpaired) electrons. The molecule has 0 bridgehead atoms. The fourth-order valence-electron chi connectivity index (χ4n) is 5.34. The number of ketones is 2. The van der Waals surface area contributed by atoms with Crippen molar-refractivity contribution < 1.29 is 9.59 Å². The predicted octanol–water partition coefficient (Wildman–Crippen LogP) is 10.2. The lowest BCUT2D eigenvalue weighted by molar-refractivity contribution is -0.114. The van der Waals surface area contributed by atoms with Crippen LogP contribution in [0.3, 0.4) is 0 Å². The molecule has 1 aliphatic rings. The molecule has 4 heterocycles. The lowest BCUT2D eigenvalue weighted by Crippen LogP contribution is -2.24. The van der Waals surface area contributed by atoms with Crippen LogP contribution < -0.4 is 0 Å². The molecule has 7 rings (SSSR count). The average molecular weight is 598 g/mol. The van der Waals surface area contributed by atoms with E-state index in [-0.39, 0.29) is 28.8 Å². The zero-order valence-electron chi connectivity index (χ0n) is 24.4. The van der Waals surface area contributed by atoms with Gasteiger partial charge < -0.3 is 0 Å². The van der Waals surface area contributed by atoms with Crippen LogP contribution in [-0.4, -0.2) is 16.1 Å². The molecule has 0 amide bonds. The van der Waals surface area contributed by atoms with E-state index in [4.69, 9.17) is 0 Å². The smallest absolute Gasteiger partial charge is 0.229 e. The summed E-state index contributed by atoms with van der Waals surface area (Å²) in [6.45, 7) is 14.0. The summed E-state index contributed by atoms with van der Waals surface area (Å²) in [6, 6.07) is 22.5. The normalized spacial score (nSPS) is 13.1. The van der Waals surface area contributed by atoms with Crippen molar-refractivity contribution in [1.82, 2.24) is 4.57 Å². The molecule has 0 aliphatic heterocycles. The van der Waals surface area contributed by atoms with Crippen LogP contribution in [-0.2, 0) is 22.0 Å². The van der Waals surface area contributed by atoms with Gasteiger partial charge in [0, 0.05) is 17.4 Å². The minimum atomic E-state index is -0.333. The molecule has 6 heteroatoms. The van der Waals surface area contributed by atoms with Gasteiger partial charge in [0.05, 0.1) is 15.9 Å². The number of hydrogen-bond donors (Lipinski definition) is 0. The Balaban J connectivity index is 0.000000172. The van der Waals surface area contributed by atoms with Crippen molar-refractivity contribution in [2.75, 3.05) is 0 Å². The van der Waals surface area contributed by atoms with Crippen LogP contribution in [0.25, 0.3) is 26.1 Å². The Bertz CT molecular complexity index is 1750. The number of benzene rings is 2. The molecule has 2 aromatic carbocycles. The molecule has 0 saturated heterocycles. The summed E-state index contributed by atoms with van der Waals surface area (Å²) in [5.41, 5.74) is 7.22. The molecule has 0 N–H and O–H groups in total. The molecule has 1 aliphatic carbocycles. The van der Waals surface area contributed by atoms with Gasteiger partial charge in [-0.05, 0) is 67.2 Å². The average Bonchev–Trinajstić information content (AvgIpc) is 3.74. The Kier molecular flexibility index (Phi) is 8.20. The van der Waals surface area contributed by atoms with Gasteiger partial charge in [-0.3, -0.25) is 14.2 Å². The summed E-state index contributed by atoms with van der Waals surface area (Å²) in [5, 5.41) is 9.89. The van der Waals surface area contributed by atoms with Crippen LogP contribution in [0, 0.1) is 0 Å². The molecule has 0 unspecified atom stereocenters. The Morgan fingerprint density at radius 1 is 0.707 bits per heavy atom. The summed E-state index contributed by atoms with van der Waals surface area (Å²) in [7, 11) is 0. The third-order valence-electron chi connectivity index (χ3n) is 7.11. The minimum absolute atomic E-state index is 0.0788. The summed E-state index contributed by atoms with van der Waals surface area (Å²) in [5.74, 6) is -0.619. The van der Waals surface area contributed by atoms with Crippen molar-refractivity contribution in [3.8, 4) is 5.69 Å². The molecular formula is C35H35NO2S3. The fourth-order valence-corrected chi connectivity index (χ4v) is 7.70. The van der Waals surface area contributed by atoms with Gasteiger partial charge in [-0.25, -0.2) is 0 Å². The first-order valence-electron chi connectivity index (χ1n) is 13.7. The van der Waals surface area contributed by atoms with Crippen molar-refractivity contribution in [1.29, 1.82) is 0 Å². The zero-order valence-corrected chi connectivity index (χ0v) is 26.8. The maximum atomic E-state index is 11.0. The predicted molar refractivity (Wildman–Crippen MR) is 178 cm³/mol. The van der Waals surface area contributed by atoms with E-state index in [0.717, 1.165) is 5.56 Å². The monoisotopic (exact) mass is 597 g/mol. The number of nitrogens with zero attached hydrogens (tertiary/aromatic N) is 1. The number of thiophene rings is 3. The van der Waals surface area contributed by atoms with Crippen molar-refractivity contribution >= 4 is 66.0 Å². The highest BCUT2D eigenvalue weighted by molar-refractivity contribution is 7.21. The molecule has 0 saturated carbocycles. The highest BCUT2D eigenvalue weighted by Crippen LogP contribution is 2.43. The van der Waals surface area contributed by atoms with Crippen LogP contribution in [0.15, 0.2) is 88.3 Å². The minimum Gasteiger partial charge on any atom is -0.300 e. The van der Waals surface area contributed by atoms with E-state index >= 15 is 0 Å². The molecule has 0 fully saturated rings. The molecular weight excluding hydrogens is 563 g/mol. The van der Waals surface area contributed by atoms with Crippen molar-refractivity contribution in [2.45, 2.75) is 58.8 Å². The Morgan fingerprint density at radius 3 is 2.05 bits per heavy atom. The van der Waals surface area contributed by atoms with Crippen LogP contribution in [0.1, 0.15) is 68.6 Å². The van der Waals surface area contributed by atoms with E-state index in [0.29, 0.717) is 5.56 Å². The van der Waals surface area contributed by atoms with Gasteiger partial charge >= 0.3 is 0 Å². The zero-order chi connectivity index (χ0) is 29.4. The number of carbonyl (C=O) groups excluding carboxylic acids is 2. The number of aromatic nitrogens is 1. The van der Waals surface area contributed by atoms with Gasteiger partial charge in [0.2, 0.25) is 11.6 Å². The molecule has 0 atom stereocenters. The molecule has 0 spiro atoms. The van der Waals surface area contributed by atoms with E-state index < -0.39 is 0 Å². The lowest BCUT2D eigenvalue weighted by atomic mass is 9.74. The van der Waals surface area contributed by atoms with Crippen LogP contribution >= 0.6 is 34.0 Å². The van der Waals surface area contributed by atoms with Gasteiger partial charge in [-0.1, -0.05) is 90.1 Å². The Hall–Kier alpha value is -3.32. The first-order chi connectivity index (χ1) is 19.5. The van der Waals surface area contributed by atoms with Gasteiger partial charge in [-0.15, -0.1) is 22.7 Å². The van der Waals surface area contributed by atoms with Crippen molar-refractivity contribution in [3.05, 3.63) is 111 Å². The van der Waals surface area contributed by atoms with Gasteiger partial charge in [0.1, 0.15) is 4.83 Å². The molecule has 210 valence electrons. The number of hydrogen-bond acceptors (Lipinski definition) is 5. The lowest BCUT2D eigenvalue weighted by Gasteiger charge is -2.32. The van der Waals surface area contributed by atoms with E-state index in [1.54, 1.807) is 23.5 Å². The van der Waals surface area contributed by atoms with Gasteiger partial charge in [0.25, 0.3) is 0 Å². The Morgan fingerprint density at radius 2 is 1.41 bits per heavy atom. The van der Waals surface area contributed by atoms with Crippen molar-refractivity contribution in [3.63, 3.8) is 0 Å². The molecule has 3 nitrogen and oxygen atoms in total. The van der Waals surface area contributed by atoms with E-state index in [1.807, 2.05) is 57.7 Å².